The summed E-state index contributed by atoms with van der Waals surface area (Å²) in [5, 5.41) is 7.84. The summed E-state index contributed by atoms with van der Waals surface area (Å²) >= 11 is 3.32. The van der Waals surface area contributed by atoms with Crippen LogP contribution in [-0.4, -0.2) is 27.8 Å². The summed E-state index contributed by atoms with van der Waals surface area (Å²) in [5.74, 6) is -1.17. The number of carbonyl (C=O) groups excluding carboxylic acids is 1. The second kappa shape index (κ2) is 11.0. The van der Waals surface area contributed by atoms with Crippen LogP contribution in [0.15, 0.2) is 53.1 Å². The maximum Gasteiger partial charge on any atom is 0.421 e. The Morgan fingerprint density at radius 1 is 1.18 bits per heavy atom. The number of halogens is 4. The maximum absolute atomic E-state index is 13.6. The van der Waals surface area contributed by atoms with Crippen molar-refractivity contribution in [3.63, 3.8) is 0 Å². The number of nitrogens with zero attached hydrogens (tertiary/aromatic N) is 2. The van der Waals surface area contributed by atoms with Gasteiger partial charge in [0.15, 0.2) is 0 Å². The van der Waals surface area contributed by atoms with Gasteiger partial charge in [0.1, 0.15) is 11.4 Å². The average Bonchev–Trinajstić information content (AvgIpc) is 2.78. The minimum Gasteiger partial charge on any atom is -0.355 e. The number of para-hydroxylation sites is 1. The van der Waals surface area contributed by atoms with Gasteiger partial charge in [-0.2, -0.15) is 18.2 Å². The van der Waals surface area contributed by atoms with Crippen LogP contribution in [0, 0.1) is 0 Å². The molecule has 0 radical (unpaired) electrons. The lowest BCUT2D eigenvalue weighted by molar-refractivity contribution is -0.137. The Bertz CT molecular complexity index is 1230. The van der Waals surface area contributed by atoms with Gasteiger partial charge in [-0.1, -0.05) is 18.2 Å². The molecule has 0 saturated carbocycles. The topological polar surface area (TPSA) is 125 Å². The summed E-state index contributed by atoms with van der Waals surface area (Å²) in [4.78, 5) is 28.6. The molecule has 1 atom stereocenters. The smallest absolute Gasteiger partial charge is 0.355 e. The largest absolute Gasteiger partial charge is 0.421 e. The van der Waals surface area contributed by atoms with E-state index in [1.165, 1.54) is 19.2 Å². The van der Waals surface area contributed by atoms with Gasteiger partial charge < -0.3 is 25.4 Å². The lowest BCUT2D eigenvalue weighted by atomic mass is 10.1. The van der Waals surface area contributed by atoms with Crippen molar-refractivity contribution in [3.8, 4) is 0 Å². The fourth-order valence-corrected chi connectivity index (χ4v) is 3.63. The normalized spacial score (nSPS) is 12.2. The van der Waals surface area contributed by atoms with Crippen molar-refractivity contribution >= 4 is 53.2 Å². The molecule has 3 aromatic rings. The van der Waals surface area contributed by atoms with Crippen molar-refractivity contribution in [1.29, 1.82) is 0 Å². The summed E-state index contributed by atoms with van der Waals surface area (Å²) in [5.41, 5.74) is 0.168. The summed E-state index contributed by atoms with van der Waals surface area (Å²) in [6.45, 7) is -0.0945. The first-order valence-corrected chi connectivity index (χ1v) is 11.6. The van der Waals surface area contributed by atoms with E-state index in [1.807, 2.05) is 0 Å². The highest BCUT2D eigenvalue weighted by Crippen LogP contribution is 2.36. The molecule has 1 heterocycles. The lowest BCUT2D eigenvalue weighted by Gasteiger charge is -2.17. The first kappa shape index (κ1) is 25.6. The zero-order chi connectivity index (χ0) is 24.9. The van der Waals surface area contributed by atoms with Crippen molar-refractivity contribution in [1.82, 2.24) is 15.3 Å². The molecule has 9 nitrogen and oxygen atoms in total. The van der Waals surface area contributed by atoms with Gasteiger partial charge >= 0.3 is 14.4 Å². The first-order valence-electron chi connectivity index (χ1n) is 9.52. The molecule has 34 heavy (non-hydrogen) atoms. The van der Waals surface area contributed by atoms with Gasteiger partial charge in [-0.05, 0) is 45.8 Å². The van der Waals surface area contributed by atoms with E-state index < -0.39 is 31.7 Å². The van der Waals surface area contributed by atoms with Crippen molar-refractivity contribution in [2.24, 2.45) is 0 Å². The summed E-state index contributed by atoms with van der Waals surface area (Å²) in [7, 11) is -1.67. The molecule has 180 valence electrons. The van der Waals surface area contributed by atoms with Gasteiger partial charge in [-0.25, -0.2) is 4.98 Å². The molecule has 1 unspecified atom stereocenters. The Kier molecular flexibility index (Phi) is 8.26. The quantitative estimate of drug-likeness (QED) is 0.284. The van der Waals surface area contributed by atoms with Crippen molar-refractivity contribution in [2.75, 3.05) is 17.7 Å². The summed E-state index contributed by atoms with van der Waals surface area (Å²) < 4.78 is 56.7. The third-order valence-electron chi connectivity index (χ3n) is 4.39. The van der Waals surface area contributed by atoms with Crippen LogP contribution in [-0.2, 0) is 21.9 Å². The van der Waals surface area contributed by atoms with Crippen LogP contribution in [0.3, 0.4) is 0 Å². The van der Waals surface area contributed by atoms with E-state index in [-0.39, 0.29) is 23.8 Å². The van der Waals surface area contributed by atoms with Gasteiger partial charge in [0.25, 0.3) is 5.91 Å². The molecular weight excluding hydrogens is 542 g/mol. The number of amides is 1. The Hall–Kier alpha value is -2.99. The van der Waals surface area contributed by atoms with E-state index in [9.17, 15) is 22.5 Å². The van der Waals surface area contributed by atoms with Crippen molar-refractivity contribution in [3.05, 3.63) is 69.8 Å². The number of hydrogen-bond donors (Lipinski definition) is 4. The predicted octanol–water partition coefficient (Wildman–Crippen LogP) is 5.00. The monoisotopic (exact) mass is 559 g/mol. The van der Waals surface area contributed by atoms with Crippen LogP contribution in [0.25, 0.3) is 0 Å². The number of benzene rings is 2. The van der Waals surface area contributed by atoms with Crippen LogP contribution in [0.2, 0.25) is 0 Å². The highest BCUT2D eigenvalue weighted by Gasteiger charge is 2.35. The Morgan fingerprint density at radius 2 is 1.91 bits per heavy atom. The van der Waals surface area contributed by atoms with Crippen LogP contribution in [0.4, 0.5) is 36.3 Å². The number of hydrogen-bond acceptors (Lipinski definition) is 7. The van der Waals surface area contributed by atoms with Gasteiger partial charge in [0, 0.05) is 17.7 Å². The molecule has 14 heteroatoms. The number of rotatable bonds is 8. The van der Waals surface area contributed by atoms with Gasteiger partial charge in [-0.15, -0.1) is 0 Å². The van der Waals surface area contributed by atoms with Crippen LogP contribution < -0.4 is 16.0 Å². The Labute approximate surface area is 200 Å². The molecule has 1 aromatic heterocycles. The minimum atomic E-state index is -4.75. The van der Waals surface area contributed by atoms with E-state index in [0.29, 0.717) is 21.9 Å². The van der Waals surface area contributed by atoms with E-state index >= 15 is 0 Å². The van der Waals surface area contributed by atoms with Crippen LogP contribution in [0.5, 0.6) is 0 Å². The number of aromatic nitrogens is 2. The molecule has 0 fully saturated rings. The second-order valence-corrected chi connectivity index (χ2v) is 8.37. The third-order valence-corrected chi connectivity index (χ3v) is 5.44. The standard InChI is InChI=1S/C20H18BrF3N5O4P/c1-25-18(30)12-4-2-3-5-15(12)27-17-13(20(22,23)24)9-26-19(29-17)28-16-7-6-11(8-14(16)21)10-33-34(31)32/h2-9,34H,10H2,1H3,(H,25,30)(H,31,32)(H2,26,27,28,29). The number of nitrogens with one attached hydrogen (secondary N) is 3. The fourth-order valence-electron chi connectivity index (χ4n) is 2.81. The average molecular weight is 560 g/mol. The van der Waals surface area contributed by atoms with E-state index in [2.05, 4.69) is 46.4 Å². The minimum absolute atomic E-state index is 0.0945. The molecule has 0 aliphatic rings. The second-order valence-electron chi connectivity index (χ2n) is 6.70. The molecule has 3 rings (SSSR count). The molecule has 0 aliphatic heterocycles. The predicted molar refractivity (Wildman–Crippen MR) is 124 cm³/mol. The molecule has 0 aliphatic carbocycles. The molecular formula is C20H18BrF3N5O4P. The maximum atomic E-state index is 13.6. The number of alkyl halides is 3. The molecule has 0 spiro atoms. The zero-order valence-corrected chi connectivity index (χ0v) is 20.0. The van der Waals surface area contributed by atoms with E-state index in [1.54, 1.807) is 30.3 Å². The third kappa shape index (κ3) is 6.54. The first-order chi connectivity index (χ1) is 16.1. The molecule has 4 N–H and O–H groups in total. The summed E-state index contributed by atoms with van der Waals surface area (Å²) in [6.07, 6.45) is -4.12. The molecule has 2 aromatic carbocycles. The van der Waals surface area contributed by atoms with Crippen molar-refractivity contribution < 1.29 is 31.9 Å². The molecule has 0 bridgehead atoms. The van der Waals surface area contributed by atoms with E-state index in [4.69, 9.17) is 4.89 Å². The fraction of sp³-hybridized carbons (Fsp3) is 0.150. The van der Waals surface area contributed by atoms with Crippen LogP contribution in [0.1, 0.15) is 21.5 Å². The van der Waals surface area contributed by atoms with E-state index in [0.717, 1.165) is 0 Å². The summed E-state index contributed by atoms with van der Waals surface area (Å²) in [6, 6.07) is 10.9. The number of anilines is 4. The highest BCUT2D eigenvalue weighted by atomic mass is 79.9. The van der Waals surface area contributed by atoms with Gasteiger partial charge in [-0.3, -0.25) is 9.36 Å². The molecule has 0 saturated heterocycles. The zero-order valence-electron chi connectivity index (χ0n) is 17.4. The molecule has 1 amide bonds. The number of carbonyl (C=O) groups is 1. The SMILES string of the molecule is CNC(=O)c1ccccc1Nc1nc(Nc2ccc(CO[PH](=O)O)cc2Br)ncc1C(F)(F)F. The Balaban J connectivity index is 1.93. The van der Waals surface area contributed by atoms with Gasteiger partial charge in [0.2, 0.25) is 5.95 Å². The van der Waals surface area contributed by atoms with Crippen molar-refractivity contribution in [2.45, 2.75) is 12.8 Å². The lowest BCUT2D eigenvalue weighted by Crippen LogP contribution is -2.20. The van der Waals surface area contributed by atoms with Crippen LogP contribution >= 0.6 is 24.2 Å². The highest BCUT2D eigenvalue weighted by molar-refractivity contribution is 9.10. The van der Waals surface area contributed by atoms with Gasteiger partial charge in [0.05, 0.1) is 23.5 Å². The Morgan fingerprint density at radius 3 is 2.56 bits per heavy atom.